The second kappa shape index (κ2) is 4.29. The highest BCUT2D eigenvalue weighted by Gasteiger charge is 2.25. The van der Waals surface area contributed by atoms with Crippen LogP contribution in [0.4, 0.5) is 0 Å². The van der Waals surface area contributed by atoms with Crippen LogP contribution in [0.25, 0.3) is 0 Å². The fourth-order valence-electron chi connectivity index (χ4n) is 1.22. The second-order valence-corrected chi connectivity index (χ2v) is 4.42. The van der Waals surface area contributed by atoms with E-state index in [1.807, 2.05) is 0 Å². The normalized spacial score (nSPS) is 14.7. The Morgan fingerprint density at radius 1 is 1.56 bits per heavy atom. The molecular weight excluding hydrogens is 228 g/mol. The van der Waals surface area contributed by atoms with Crippen LogP contribution in [-0.4, -0.2) is 36.0 Å². The Labute approximate surface area is 99.2 Å². The molecule has 1 fully saturated rings. The van der Waals surface area contributed by atoms with Gasteiger partial charge in [-0.2, -0.15) is 0 Å². The molecule has 16 heavy (non-hydrogen) atoms. The molecule has 2 rings (SSSR count). The number of carbonyl (C=O) groups is 1. The minimum atomic E-state index is -0.167. The molecule has 0 aliphatic heterocycles. The molecule has 1 heterocycles. The summed E-state index contributed by atoms with van der Waals surface area (Å²) in [5, 5.41) is 0.437. The Morgan fingerprint density at radius 2 is 2.25 bits per heavy atom. The lowest BCUT2D eigenvalue weighted by Gasteiger charge is -2.11. The van der Waals surface area contributed by atoms with Gasteiger partial charge in [-0.05, 0) is 18.9 Å². The van der Waals surface area contributed by atoms with Crippen LogP contribution >= 0.6 is 11.6 Å². The highest BCUT2D eigenvalue weighted by Crippen LogP contribution is 2.31. The Balaban J connectivity index is 2.17. The van der Waals surface area contributed by atoms with Crippen molar-refractivity contribution in [3.8, 4) is 5.75 Å². The summed E-state index contributed by atoms with van der Waals surface area (Å²) in [7, 11) is 3.35. The molecule has 0 unspecified atom stereocenters. The van der Waals surface area contributed by atoms with Gasteiger partial charge in [-0.15, -0.1) is 0 Å². The third-order valence-electron chi connectivity index (χ3n) is 2.26. The summed E-state index contributed by atoms with van der Waals surface area (Å²) in [6, 6.07) is 1.54. The lowest BCUT2D eigenvalue weighted by molar-refractivity contribution is 0.0822. The van der Waals surface area contributed by atoms with Gasteiger partial charge in [0.1, 0.15) is 5.69 Å². The first-order valence-electron chi connectivity index (χ1n) is 5.12. The predicted molar refractivity (Wildman–Crippen MR) is 60.9 cm³/mol. The van der Waals surface area contributed by atoms with E-state index in [0.717, 1.165) is 12.8 Å². The quantitative estimate of drug-likeness (QED) is 0.811. The van der Waals surface area contributed by atoms with E-state index in [-0.39, 0.29) is 12.0 Å². The Bertz CT molecular complexity index is 416. The number of aromatic nitrogens is 1. The van der Waals surface area contributed by atoms with E-state index >= 15 is 0 Å². The molecule has 1 aromatic rings. The highest BCUT2D eigenvalue weighted by molar-refractivity contribution is 6.32. The molecule has 0 radical (unpaired) electrons. The van der Waals surface area contributed by atoms with Crippen molar-refractivity contribution in [1.82, 2.24) is 9.88 Å². The summed E-state index contributed by atoms with van der Waals surface area (Å²) >= 11 is 6.01. The molecule has 5 heteroatoms. The number of hydrogen-bond donors (Lipinski definition) is 0. The van der Waals surface area contributed by atoms with Gasteiger partial charge in [0.25, 0.3) is 5.91 Å². The van der Waals surface area contributed by atoms with Gasteiger partial charge in [0.2, 0.25) is 0 Å². The van der Waals surface area contributed by atoms with Gasteiger partial charge < -0.3 is 9.64 Å². The van der Waals surface area contributed by atoms with Crippen LogP contribution in [0.1, 0.15) is 23.3 Å². The second-order valence-electron chi connectivity index (χ2n) is 4.02. The zero-order chi connectivity index (χ0) is 11.7. The average molecular weight is 241 g/mol. The number of amides is 1. The van der Waals surface area contributed by atoms with Gasteiger partial charge >= 0.3 is 0 Å². The molecule has 1 amide bonds. The lowest BCUT2D eigenvalue weighted by atomic mass is 10.3. The maximum Gasteiger partial charge on any atom is 0.271 e. The third-order valence-corrected chi connectivity index (χ3v) is 2.56. The van der Waals surface area contributed by atoms with Gasteiger partial charge in [-0.3, -0.25) is 4.79 Å². The maximum atomic E-state index is 11.6. The summed E-state index contributed by atoms with van der Waals surface area (Å²) in [4.78, 5) is 17.1. The van der Waals surface area contributed by atoms with Crippen molar-refractivity contribution >= 4 is 17.5 Å². The molecule has 0 atom stereocenters. The lowest BCUT2D eigenvalue weighted by Crippen LogP contribution is -2.22. The van der Waals surface area contributed by atoms with Crippen LogP contribution in [0.3, 0.4) is 0 Å². The number of rotatable bonds is 3. The number of ether oxygens (including phenoxy) is 1. The van der Waals surface area contributed by atoms with Crippen LogP contribution < -0.4 is 4.74 Å². The molecule has 0 aromatic carbocycles. The van der Waals surface area contributed by atoms with Crippen molar-refractivity contribution in [3.63, 3.8) is 0 Å². The van der Waals surface area contributed by atoms with E-state index in [1.54, 1.807) is 20.2 Å². The van der Waals surface area contributed by atoms with Crippen molar-refractivity contribution in [1.29, 1.82) is 0 Å². The van der Waals surface area contributed by atoms with Gasteiger partial charge in [0.05, 0.1) is 17.3 Å². The fourth-order valence-corrected chi connectivity index (χ4v) is 1.41. The first-order chi connectivity index (χ1) is 7.58. The van der Waals surface area contributed by atoms with Crippen LogP contribution in [0.2, 0.25) is 5.02 Å². The largest absolute Gasteiger partial charge is 0.487 e. The van der Waals surface area contributed by atoms with Crippen molar-refractivity contribution in [2.75, 3.05) is 14.1 Å². The minimum absolute atomic E-state index is 0.167. The summed E-state index contributed by atoms with van der Waals surface area (Å²) < 4.78 is 5.53. The Kier molecular flexibility index (Phi) is 3.01. The molecule has 1 saturated carbocycles. The van der Waals surface area contributed by atoms with Gasteiger partial charge in [-0.1, -0.05) is 11.6 Å². The van der Waals surface area contributed by atoms with E-state index in [9.17, 15) is 4.79 Å². The van der Waals surface area contributed by atoms with Crippen molar-refractivity contribution < 1.29 is 9.53 Å². The first-order valence-corrected chi connectivity index (χ1v) is 5.49. The topological polar surface area (TPSA) is 42.4 Å². The van der Waals surface area contributed by atoms with Gasteiger partial charge in [-0.25, -0.2) is 4.98 Å². The Hall–Kier alpha value is -1.29. The van der Waals surface area contributed by atoms with E-state index in [0.29, 0.717) is 16.5 Å². The number of nitrogens with zero attached hydrogens (tertiary/aromatic N) is 2. The maximum absolute atomic E-state index is 11.6. The van der Waals surface area contributed by atoms with Crippen LogP contribution in [-0.2, 0) is 0 Å². The van der Waals surface area contributed by atoms with Crippen LogP contribution in [0.5, 0.6) is 5.75 Å². The summed E-state index contributed by atoms with van der Waals surface area (Å²) in [5.74, 6) is 0.388. The van der Waals surface area contributed by atoms with Crippen LogP contribution in [0, 0.1) is 0 Å². The number of pyridine rings is 1. The average Bonchev–Trinajstić information content (AvgIpc) is 3.03. The first kappa shape index (κ1) is 11.2. The van der Waals surface area contributed by atoms with E-state index in [2.05, 4.69) is 4.98 Å². The minimum Gasteiger partial charge on any atom is -0.487 e. The number of hydrogen-bond acceptors (Lipinski definition) is 3. The van der Waals surface area contributed by atoms with E-state index in [1.165, 1.54) is 11.1 Å². The predicted octanol–water partition coefficient (Wildman–Crippen LogP) is 1.98. The monoisotopic (exact) mass is 240 g/mol. The van der Waals surface area contributed by atoms with Crippen molar-refractivity contribution in [3.05, 3.63) is 23.0 Å². The van der Waals surface area contributed by atoms with E-state index in [4.69, 9.17) is 16.3 Å². The molecule has 0 spiro atoms. The fraction of sp³-hybridized carbons (Fsp3) is 0.455. The molecule has 1 aromatic heterocycles. The molecular formula is C11H13ClN2O2. The SMILES string of the molecule is CN(C)C(=O)c1cc(Cl)c(OC2CC2)cn1. The van der Waals surface area contributed by atoms with Gasteiger partial charge in [0, 0.05) is 14.1 Å². The summed E-state index contributed by atoms with van der Waals surface area (Å²) in [5.41, 5.74) is 0.332. The molecule has 1 aliphatic rings. The molecule has 1 aliphatic carbocycles. The zero-order valence-corrected chi connectivity index (χ0v) is 9.99. The molecule has 0 N–H and O–H groups in total. The summed E-state index contributed by atoms with van der Waals surface area (Å²) in [6.07, 6.45) is 3.91. The highest BCUT2D eigenvalue weighted by atomic mass is 35.5. The van der Waals surface area contributed by atoms with Crippen molar-refractivity contribution in [2.45, 2.75) is 18.9 Å². The van der Waals surface area contributed by atoms with E-state index < -0.39 is 0 Å². The molecule has 4 nitrogen and oxygen atoms in total. The third kappa shape index (κ3) is 2.44. The zero-order valence-electron chi connectivity index (χ0n) is 9.24. The summed E-state index contributed by atoms with van der Waals surface area (Å²) in [6.45, 7) is 0. The van der Waals surface area contributed by atoms with Crippen molar-refractivity contribution in [2.24, 2.45) is 0 Å². The molecule has 0 saturated heterocycles. The molecule has 0 bridgehead atoms. The Morgan fingerprint density at radius 3 is 2.75 bits per heavy atom. The molecule has 86 valence electrons. The van der Waals surface area contributed by atoms with Gasteiger partial charge in [0.15, 0.2) is 5.75 Å². The number of carbonyl (C=O) groups excluding carboxylic acids is 1. The number of halogens is 1. The smallest absolute Gasteiger partial charge is 0.271 e. The standard InChI is InChI=1S/C11H13ClN2O2/c1-14(2)11(15)9-5-8(12)10(6-13-9)16-7-3-4-7/h5-7H,3-4H2,1-2H3. The van der Waals surface area contributed by atoms with Crippen LogP contribution in [0.15, 0.2) is 12.3 Å².